The summed E-state index contributed by atoms with van der Waals surface area (Å²) in [6, 6.07) is 5.27. The molecule has 9 heteroatoms. The van der Waals surface area contributed by atoms with Gasteiger partial charge in [-0.05, 0) is 19.1 Å². The van der Waals surface area contributed by atoms with Gasteiger partial charge in [0.15, 0.2) is 10.8 Å². The molecule has 1 atom stereocenters. The molecule has 0 bridgehead atoms. The SMILES string of the molecule is CCNc1nc2ccccn2c1S(=O)(=O)NCCS(C)=O. The minimum atomic E-state index is -3.74. The molecule has 2 aromatic heterocycles. The summed E-state index contributed by atoms with van der Waals surface area (Å²) < 4.78 is 40.0. The Kier molecular flexibility index (Phi) is 4.96. The Hall–Kier alpha value is -1.45. The first-order valence-corrected chi connectivity index (χ1v) is 9.67. The first-order chi connectivity index (χ1) is 9.95. The highest BCUT2D eigenvalue weighted by Gasteiger charge is 2.24. The van der Waals surface area contributed by atoms with Crippen LogP contribution < -0.4 is 10.0 Å². The van der Waals surface area contributed by atoms with E-state index in [1.54, 1.807) is 24.4 Å². The van der Waals surface area contributed by atoms with Crippen molar-refractivity contribution in [1.82, 2.24) is 14.1 Å². The van der Waals surface area contributed by atoms with E-state index in [4.69, 9.17) is 0 Å². The molecular formula is C12H18N4O3S2. The van der Waals surface area contributed by atoms with Crippen LogP contribution in [0.5, 0.6) is 0 Å². The van der Waals surface area contributed by atoms with Crippen molar-refractivity contribution in [1.29, 1.82) is 0 Å². The Labute approximate surface area is 126 Å². The van der Waals surface area contributed by atoms with Gasteiger partial charge in [-0.3, -0.25) is 8.61 Å². The number of sulfonamides is 1. The van der Waals surface area contributed by atoms with Gasteiger partial charge >= 0.3 is 0 Å². The number of imidazole rings is 1. The van der Waals surface area contributed by atoms with Gasteiger partial charge in [-0.15, -0.1) is 0 Å². The number of nitrogens with one attached hydrogen (secondary N) is 2. The van der Waals surface area contributed by atoms with Crippen LogP contribution >= 0.6 is 0 Å². The number of hydrogen-bond acceptors (Lipinski definition) is 5. The van der Waals surface area contributed by atoms with E-state index in [1.165, 1.54) is 10.7 Å². The van der Waals surface area contributed by atoms with Gasteiger partial charge in [0.2, 0.25) is 0 Å². The van der Waals surface area contributed by atoms with E-state index in [-0.39, 0.29) is 17.3 Å². The summed E-state index contributed by atoms with van der Waals surface area (Å²) >= 11 is 0. The lowest BCUT2D eigenvalue weighted by atomic mass is 10.5. The van der Waals surface area contributed by atoms with Gasteiger partial charge in [0.25, 0.3) is 10.0 Å². The second-order valence-electron chi connectivity index (χ2n) is 4.40. The number of nitrogens with zero attached hydrogens (tertiary/aromatic N) is 2. The quantitative estimate of drug-likeness (QED) is 0.768. The van der Waals surface area contributed by atoms with Crippen molar-refractivity contribution in [3.8, 4) is 0 Å². The van der Waals surface area contributed by atoms with E-state index < -0.39 is 20.8 Å². The maximum atomic E-state index is 12.5. The van der Waals surface area contributed by atoms with Gasteiger partial charge in [-0.2, -0.15) is 0 Å². The molecular weight excluding hydrogens is 312 g/mol. The molecule has 0 aromatic carbocycles. The molecule has 0 aliphatic carbocycles. The first-order valence-electron chi connectivity index (χ1n) is 6.46. The number of aromatic nitrogens is 2. The third-order valence-corrected chi connectivity index (χ3v) is 5.03. The molecule has 2 heterocycles. The predicted octanol–water partition coefficient (Wildman–Crippen LogP) is 0.423. The average Bonchev–Trinajstić information content (AvgIpc) is 2.77. The van der Waals surface area contributed by atoms with Crippen molar-refractivity contribution in [3.05, 3.63) is 24.4 Å². The highest BCUT2D eigenvalue weighted by molar-refractivity contribution is 7.89. The highest BCUT2D eigenvalue weighted by atomic mass is 32.2. The molecule has 21 heavy (non-hydrogen) atoms. The average molecular weight is 330 g/mol. The normalized spacial score (nSPS) is 13.4. The van der Waals surface area contributed by atoms with Crippen molar-refractivity contribution in [2.24, 2.45) is 0 Å². The molecule has 0 saturated carbocycles. The molecule has 0 amide bonds. The zero-order valence-corrected chi connectivity index (χ0v) is 13.5. The van der Waals surface area contributed by atoms with E-state index in [0.717, 1.165) is 0 Å². The Morgan fingerprint density at radius 3 is 2.81 bits per heavy atom. The van der Waals surface area contributed by atoms with Gasteiger partial charge in [-0.25, -0.2) is 18.1 Å². The number of anilines is 1. The largest absolute Gasteiger partial charge is 0.368 e. The summed E-state index contributed by atoms with van der Waals surface area (Å²) in [5, 5.41) is 3.03. The number of hydrogen-bond donors (Lipinski definition) is 2. The second-order valence-corrected chi connectivity index (χ2v) is 7.64. The van der Waals surface area contributed by atoms with E-state index in [2.05, 4.69) is 15.0 Å². The zero-order valence-electron chi connectivity index (χ0n) is 11.9. The van der Waals surface area contributed by atoms with Crippen LogP contribution in [0.4, 0.5) is 5.82 Å². The molecule has 7 nitrogen and oxygen atoms in total. The van der Waals surface area contributed by atoms with Crippen molar-refractivity contribution >= 4 is 32.3 Å². The number of fused-ring (bicyclic) bond motifs is 1. The van der Waals surface area contributed by atoms with Crippen molar-refractivity contribution in [2.45, 2.75) is 11.9 Å². The Morgan fingerprint density at radius 1 is 1.38 bits per heavy atom. The fraction of sp³-hybridized carbons (Fsp3) is 0.417. The summed E-state index contributed by atoms with van der Waals surface area (Å²) in [7, 11) is -4.79. The minimum Gasteiger partial charge on any atom is -0.368 e. The van der Waals surface area contributed by atoms with Gasteiger partial charge in [-0.1, -0.05) is 6.07 Å². The van der Waals surface area contributed by atoms with Gasteiger partial charge in [0, 0.05) is 42.1 Å². The Bertz CT molecular complexity index is 755. The molecule has 1 unspecified atom stereocenters. The maximum absolute atomic E-state index is 12.5. The topological polar surface area (TPSA) is 92.6 Å². The van der Waals surface area contributed by atoms with Crippen molar-refractivity contribution < 1.29 is 12.6 Å². The summed E-state index contributed by atoms with van der Waals surface area (Å²) in [5.74, 6) is 0.584. The van der Waals surface area contributed by atoms with E-state index in [9.17, 15) is 12.6 Å². The minimum absolute atomic E-state index is 0.0711. The van der Waals surface area contributed by atoms with Crippen molar-refractivity contribution in [2.75, 3.05) is 30.4 Å². The third kappa shape index (κ3) is 3.60. The molecule has 2 N–H and O–H groups in total. The van der Waals surface area contributed by atoms with Crippen LogP contribution in [0.25, 0.3) is 5.65 Å². The molecule has 2 aromatic rings. The smallest absolute Gasteiger partial charge is 0.260 e. The molecule has 0 saturated heterocycles. The summed E-state index contributed by atoms with van der Waals surface area (Å²) in [6.45, 7) is 2.55. The van der Waals surface area contributed by atoms with Crippen LogP contribution in [0.2, 0.25) is 0 Å². The Balaban J connectivity index is 2.42. The van der Waals surface area contributed by atoms with Crippen molar-refractivity contribution in [3.63, 3.8) is 0 Å². The maximum Gasteiger partial charge on any atom is 0.260 e. The lowest BCUT2D eigenvalue weighted by Crippen LogP contribution is -2.29. The van der Waals surface area contributed by atoms with E-state index in [0.29, 0.717) is 18.0 Å². The van der Waals surface area contributed by atoms with E-state index >= 15 is 0 Å². The number of pyridine rings is 1. The van der Waals surface area contributed by atoms with Crippen LogP contribution in [0.3, 0.4) is 0 Å². The highest BCUT2D eigenvalue weighted by Crippen LogP contribution is 2.22. The third-order valence-electron chi connectivity index (χ3n) is 2.77. The van der Waals surface area contributed by atoms with Crippen LogP contribution in [-0.4, -0.2) is 47.1 Å². The standard InChI is InChI=1S/C12H18N4O3S2/c1-3-13-11-12(16-8-5-4-6-10(16)15-11)21(18,19)14-7-9-20(2)17/h4-6,8,13-14H,3,7,9H2,1-2H3. The van der Waals surface area contributed by atoms with Gasteiger partial charge in [0.1, 0.15) is 5.65 Å². The number of rotatable bonds is 7. The molecule has 0 fully saturated rings. The van der Waals surface area contributed by atoms with Gasteiger partial charge < -0.3 is 5.32 Å². The lowest BCUT2D eigenvalue weighted by Gasteiger charge is -2.08. The molecule has 2 rings (SSSR count). The molecule has 0 spiro atoms. The Morgan fingerprint density at radius 2 is 2.14 bits per heavy atom. The van der Waals surface area contributed by atoms with Crippen LogP contribution in [0.15, 0.2) is 29.4 Å². The fourth-order valence-electron chi connectivity index (χ4n) is 1.90. The lowest BCUT2D eigenvalue weighted by molar-refractivity contribution is 0.579. The van der Waals surface area contributed by atoms with Crippen LogP contribution in [0.1, 0.15) is 6.92 Å². The second kappa shape index (κ2) is 6.54. The zero-order chi connectivity index (χ0) is 15.5. The summed E-state index contributed by atoms with van der Waals surface area (Å²) in [4.78, 5) is 4.28. The first kappa shape index (κ1) is 15.9. The van der Waals surface area contributed by atoms with Crippen LogP contribution in [0, 0.1) is 0 Å². The molecule has 0 aliphatic heterocycles. The van der Waals surface area contributed by atoms with Gasteiger partial charge in [0.05, 0.1) is 0 Å². The fourth-order valence-corrected chi connectivity index (χ4v) is 3.71. The monoisotopic (exact) mass is 330 g/mol. The van der Waals surface area contributed by atoms with Crippen LogP contribution in [-0.2, 0) is 20.8 Å². The summed E-state index contributed by atoms with van der Waals surface area (Å²) in [6.07, 6.45) is 3.18. The predicted molar refractivity (Wildman–Crippen MR) is 83.5 cm³/mol. The molecule has 0 radical (unpaired) electrons. The molecule has 116 valence electrons. The summed E-state index contributed by atoms with van der Waals surface area (Å²) in [5.41, 5.74) is 0.549. The van der Waals surface area contributed by atoms with E-state index in [1.807, 2.05) is 6.92 Å². The molecule has 0 aliphatic rings.